The molecule has 2 rings (SSSR count). The summed E-state index contributed by atoms with van der Waals surface area (Å²) in [5, 5.41) is 0. The van der Waals surface area contributed by atoms with Crippen LogP contribution in [0.25, 0.3) is 0 Å². The smallest absolute Gasteiger partial charge is 0.347 e. The maximum Gasteiger partial charge on any atom is 1.00 e. The molecule has 0 saturated carbocycles. The molecule has 2 N–H and O–H groups in total. The number of hydrogen-bond acceptors (Lipinski definition) is 2. The average Bonchev–Trinajstić information content (AvgIpc) is 3.11. The molecule has 0 aliphatic rings. The van der Waals surface area contributed by atoms with Gasteiger partial charge in [-0.25, -0.2) is 9.97 Å². The molecule has 0 spiro atoms. The number of nitrogens with one attached hydrogen (secondary N) is 2. The topological polar surface area (TPSA) is 57.4 Å². The fourth-order valence-electron chi connectivity index (χ4n) is 2.67. The van der Waals surface area contributed by atoms with E-state index in [0.29, 0.717) is 0 Å². The molecule has 0 saturated heterocycles. The molecular formula is C17H27KN4. The van der Waals surface area contributed by atoms with E-state index in [0.717, 1.165) is 48.0 Å². The third kappa shape index (κ3) is 3.93. The molecule has 2 aromatic rings. The summed E-state index contributed by atoms with van der Waals surface area (Å²) < 4.78 is 16.4. The van der Waals surface area contributed by atoms with Crippen LogP contribution in [0, 0.1) is 6.42 Å². The second-order valence-corrected chi connectivity index (χ2v) is 5.43. The van der Waals surface area contributed by atoms with Gasteiger partial charge < -0.3 is 16.4 Å². The second-order valence-electron chi connectivity index (χ2n) is 5.43. The molecule has 0 aromatic carbocycles. The van der Waals surface area contributed by atoms with E-state index in [1.807, 2.05) is 20.8 Å². The summed E-state index contributed by atoms with van der Waals surface area (Å²) in [6.07, 6.45) is 4.41. The minimum atomic E-state index is -0.555. The number of imidazole rings is 2. The van der Waals surface area contributed by atoms with E-state index >= 15 is 0 Å². The Balaban J connectivity index is 0.00000288. The van der Waals surface area contributed by atoms with Crippen molar-refractivity contribution in [2.24, 2.45) is 0 Å². The van der Waals surface area contributed by atoms with Gasteiger partial charge in [0.2, 0.25) is 0 Å². The predicted octanol–water partition coefficient (Wildman–Crippen LogP) is 0.744. The van der Waals surface area contributed by atoms with Gasteiger partial charge in [-0.2, -0.15) is 6.42 Å². The number of rotatable bonds is 7. The van der Waals surface area contributed by atoms with Crippen LogP contribution in [0.3, 0.4) is 0 Å². The van der Waals surface area contributed by atoms with Crippen LogP contribution in [-0.4, -0.2) is 19.9 Å². The van der Waals surface area contributed by atoms with Crippen molar-refractivity contribution in [3.63, 3.8) is 0 Å². The Morgan fingerprint density at radius 2 is 1.91 bits per heavy atom. The zero-order valence-electron chi connectivity index (χ0n) is 16.7. The maximum atomic E-state index is 8.26. The summed E-state index contributed by atoms with van der Waals surface area (Å²) in [6, 6.07) is 0. The van der Waals surface area contributed by atoms with Crippen molar-refractivity contribution in [2.75, 3.05) is 0 Å². The van der Waals surface area contributed by atoms with E-state index in [1.54, 1.807) is 0 Å². The van der Waals surface area contributed by atoms with Crippen LogP contribution in [0.2, 0.25) is 0 Å². The van der Waals surface area contributed by atoms with E-state index < -0.39 is 11.8 Å². The summed E-state index contributed by atoms with van der Waals surface area (Å²) in [4.78, 5) is 15.7. The maximum absolute atomic E-state index is 8.26. The van der Waals surface area contributed by atoms with Crippen molar-refractivity contribution in [3.05, 3.63) is 41.3 Å². The number of aromatic amines is 2. The van der Waals surface area contributed by atoms with Crippen molar-refractivity contribution in [2.45, 2.75) is 65.7 Å². The Morgan fingerprint density at radius 1 is 1.23 bits per heavy atom. The van der Waals surface area contributed by atoms with Crippen molar-refractivity contribution in [1.29, 1.82) is 0 Å². The van der Waals surface area contributed by atoms with Crippen molar-refractivity contribution < 1.29 is 54.1 Å². The van der Waals surface area contributed by atoms with Gasteiger partial charge in [0.25, 0.3) is 0 Å². The summed E-state index contributed by atoms with van der Waals surface area (Å²) in [5.41, 5.74) is 1.85. The monoisotopic (exact) mass is 328 g/mol. The second kappa shape index (κ2) is 8.78. The Hall–Kier alpha value is 0.0564. The van der Waals surface area contributed by atoms with Gasteiger partial charge in [-0.1, -0.05) is 40.0 Å². The Labute approximate surface area is 179 Å². The minimum absolute atomic E-state index is 0. The van der Waals surface area contributed by atoms with E-state index in [2.05, 4.69) is 35.2 Å². The van der Waals surface area contributed by atoms with Crippen LogP contribution < -0.4 is 51.4 Å². The summed E-state index contributed by atoms with van der Waals surface area (Å²) in [5.74, 6) is 1.69. The van der Waals surface area contributed by atoms with Gasteiger partial charge >= 0.3 is 51.4 Å². The molecule has 0 bridgehead atoms. The molecule has 0 aliphatic heterocycles. The molecule has 22 heavy (non-hydrogen) atoms. The Kier molecular flexibility index (Phi) is 6.75. The van der Waals surface area contributed by atoms with E-state index in [9.17, 15) is 0 Å². The summed E-state index contributed by atoms with van der Waals surface area (Å²) in [6.45, 7) is 10.0. The van der Waals surface area contributed by atoms with Crippen LogP contribution in [0.4, 0.5) is 0 Å². The van der Waals surface area contributed by atoms with Crippen LogP contribution in [0.15, 0.2) is 6.17 Å². The van der Waals surface area contributed by atoms with Gasteiger partial charge in [0.05, 0.1) is 1.37 Å². The molecule has 2 atom stereocenters. The van der Waals surface area contributed by atoms with E-state index in [-0.39, 0.29) is 57.6 Å². The van der Waals surface area contributed by atoms with Crippen LogP contribution in [0.1, 0.15) is 72.5 Å². The Bertz CT molecular complexity index is 666. The first kappa shape index (κ1) is 16.9. The van der Waals surface area contributed by atoms with Crippen LogP contribution >= 0.6 is 0 Å². The zero-order chi connectivity index (χ0) is 17.2. The van der Waals surface area contributed by atoms with Gasteiger partial charge in [0.15, 0.2) is 0 Å². The Morgan fingerprint density at radius 3 is 2.41 bits per heavy atom. The number of hydrogen-bond donors (Lipinski definition) is 2. The molecule has 0 amide bonds. The standard InChI is InChI=1S/C17H27N4.K/c1-6-10-17(5,13-11-18-14(8-3)20-13)16-12(7-2)19-15(9-4)21-16;/h10-11H,6-9H2,1-5H3,(H,18,20)(H,19,21);/q-1;+1/i7D,11D;. The predicted molar refractivity (Wildman–Crippen MR) is 86.4 cm³/mol. The van der Waals surface area contributed by atoms with Gasteiger partial charge in [-0.3, -0.25) is 0 Å². The largest absolute Gasteiger partial charge is 1.00 e. The van der Waals surface area contributed by atoms with Crippen molar-refractivity contribution >= 4 is 0 Å². The number of aryl methyl sites for hydroxylation is 3. The first-order valence-electron chi connectivity index (χ1n) is 8.86. The van der Waals surface area contributed by atoms with Gasteiger partial charge in [0, 0.05) is 37.5 Å². The quantitative estimate of drug-likeness (QED) is 0.582. The molecule has 4 nitrogen and oxygen atoms in total. The first-order chi connectivity index (χ1) is 10.9. The van der Waals surface area contributed by atoms with Gasteiger partial charge in [-0.05, 0) is 6.40 Å². The molecule has 2 heterocycles. The average molecular weight is 329 g/mol. The number of aromatic nitrogens is 4. The fourth-order valence-corrected chi connectivity index (χ4v) is 2.67. The number of H-pyrrole nitrogens is 2. The third-order valence-electron chi connectivity index (χ3n) is 3.93. The fraction of sp³-hybridized carbons (Fsp3) is 0.588. The zero-order valence-corrected chi connectivity index (χ0v) is 17.8. The molecule has 2 unspecified atom stereocenters. The van der Waals surface area contributed by atoms with Gasteiger partial charge in [0.1, 0.15) is 11.6 Å². The SMILES string of the molecule is [2H]c1nc(CC)[nH]c1C(C)([CH-]CC)c1nc(CC)[nH]c1C([2H])C.[K+]. The molecule has 0 fully saturated rings. The van der Waals surface area contributed by atoms with Crippen molar-refractivity contribution in [3.8, 4) is 0 Å². The normalized spacial score (nSPS) is 16.4. The summed E-state index contributed by atoms with van der Waals surface area (Å²) >= 11 is 0. The van der Waals surface area contributed by atoms with Gasteiger partial charge in [-0.15, -0.1) is 0 Å². The minimum Gasteiger partial charge on any atom is -0.347 e. The summed E-state index contributed by atoms with van der Waals surface area (Å²) in [7, 11) is 0. The molecule has 2 aromatic heterocycles. The third-order valence-corrected chi connectivity index (χ3v) is 3.93. The van der Waals surface area contributed by atoms with Crippen LogP contribution in [0.5, 0.6) is 0 Å². The van der Waals surface area contributed by atoms with E-state index in [1.165, 1.54) is 0 Å². The van der Waals surface area contributed by atoms with Crippen LogP contribution in [-0.2, 0) is 24.7 Å². The molecular weight excluding hydrogens is 299 g/mol. The van der Waals surface area contributed by atoms with Crippen molar-refractivity contribution in [1.82, 2.24) is 19.9 Å². The molecule has 5 heteroatoms. The first-order valence-corrected chi connectivity index (χ1v) is 7.79. The molecule has 116 valence electrons. The number of nitrogens with zero attached hydrogens (tertiary/aromatic N) is 2. The molecule has 0 aliphatic carbocycles. The molecule has 0 radical (unpaired) electrons. The van der Waals surface area contributed by atoms with E-state index in [4.69, 9.17) is 7.73 Å².